The molecule has 118 valence electrons. The molecule has 0 radical (unpaired) electrons. The minimum atomic E-state index is -0.707. The van der Waals surface area contributed by atoms with Gasteiger partial charge in [0.1, 0.15) is 5.75 Å². The zero-order valence-corrected chi connectivity index (χ0v) is 13.9. The van der Waals surface area contributed by atoms with Gasteiger partial charge in [-0.15, -0.1) is 0 Å². The summed E-state index contributed by atoms with van der Waals surface area (Å²) in [5, 5.41) is 0. The smallest absolute Gasteiger partial charge is 0.279 e. The Labute approximate surface area is 138 Å². The summed E-state index contributed by atoms with van der Waals surface area (Å²) in [5.41, 5.74) is 4.82. The van der Waals surface area contributed by atoms with Gasteiger partial charge in [0.2, 0.25) is 5.91 Å². The standard InChI is InChI=1S/C16H19BrN2O3/c1-11(22-14-8-4-7-13(17)10-14)16(21)19-18-15(20)9-12-5-2-3-6-12/h2,4-5,7-8,10-12H,3,6,9H2,1H3,(H,18,20)(H,19,21)/t11-,12-/m0/s1. The molecule has 0 unspecified atom stereocenters. The van der Waals surface area contributed by atoms with Gasteiger partial charge in [0, 0.05) is 10.9 Å². The molecule has 1 aliphatic carbocycles. The number of hydrogen-bond acceptors (Lipinski definition) is 3. The monoisotopic (exact) mass is 366 g/mol. The van der Waals surface area contributed by atoms with Crippen LogP contribution in [0.4, 0.5) is 0 Å². The van der Waals surface area contributed by atoms with E-state index in [9.17, 15) is 9.59 Å². The Balaban J connectivity index is 1.74. The lowest BCUT2D eigenvalue weighted by Gasteiger charge is -2.16. The highest BCUT2D eigenvalue weighted by Crippen LogP contribution is 2.20. The van der Waals surface area contributed by atoms with Gasteiger partial charge < -0.3 is 4.74 Å². The van der Waals surface area contributed by atoms with Gasteiger partial charge in [0.05, 0.1) is 0 Å². The molecule has 2 N–H and O–H groups in total. The van der Waals surface area contributed by atoms with Crippen molar-refractivity contribution in [1.29, 1.82) is 0 Å². The van der Waals surface area contributed by atoms with Crippen LogP contribution >= 0.6 is 15.9 Å². The summed E-state index contributed by atoms with van der Waals surface area (Å²) in [6.07, 6.45) is 5.80. The summed E-state index contributed by atoms with van der Waals surface area (Å²) < 4.78 is 6.39. The van der Waals surface area contributed by atoms with Gasteiger partial charge in [0.25, 0.3) is 5.91 Å². The van der Waals surface area contributed by atoms with Gasteiger partial charge in [-0.05, 0) is 43.9 Å². The van der Waals surface area contributed by atoms with Crippen LogP contribution in [0.2, 0.25) is 0 Å². The van der Waals surface area contributed by atoms with Crippen molar-refractivity contribution < 1.29 is 14.3 Å². The third-order valence-electron chi connectivity index (χ3n) is 3.36. The molecule has 0 saturated carbocycles. The van der Waals surface area contributed by atoms with E-state index in [1.165, 1.54) is 0 Å². The molecule has 0 spiro atoms. The zero-order chi connectivity index (χ0) is 15.9. The van der Waals surface area contributed by atoms with Crippen LogP contribution in [0.1, 0.15) is 26.2 Å². The maximum absolute atomic E-state index is 11.9. The lowest BCUT2D eigenvalue weighted by molar-refractivity contribution is -0.133. The lowest BCUT2D eigenvalue weighted by Crippen LogP contribution is -2.47. The van der Waals surface area contributed by atoms with Gasteiger partial charge in [0.15, 0.2) is 6.10 Å². The number of rotatable bonds is 5. The number of ether oxygens (including phenoxy) is 1. The number of hydrazine groups is 1. The molecular weight excluding hydrogens is 348 g/mol. The van der Waals surface area contributed by atoms with E-state index < -0.39 is 12.0 Å². The van der Waals surface area contributed by atoms with E-state index in [0.717, 1.165) is 17.3 Å². The van der Waals surface area contributed by atoms with E-state index in [0.29, 0.717) is 12.2 Å². The zero-order valence-electron chi connectivity index (χ0n) is 12.3. The van der Waals surface area contributed by atoms with Crippen LogP contribution in [0.5, 0.6) is 5.75 Å². The highest BCUT2D eigenvalue weighted by atomic mass is 79.9. The van der Waals surface area contributed by atoms with E-state index in [1.807, 2.05) is 18.2 Å². The molecule has 22 heavy (non-hydrogen) atoms. The fraction of sp³-hybridized carbons (Fsp3) is 0.375. The molecule has 2 atom stereocenters. The Bertz CT molecular complexity index is 574. The van der Waals surface area contributed by atoms with E-state index in [1.54, 1.807) is 19.1 Å². The Morgan fingerprint density at radius 3 is 2.91 bits per heavy atom. The highest BCUT2D eigenvalue weighted by molar-refractivity contribution is 9.10. The second-order valence-electron chi connectivity index (χ2n) is 5.22. The van der Waals surface area contributed by atoms with Gasteiger partial charge in [-0.1, -0.05) is 34.1 Å². The van der Waals surface area contributed by atoms with Crippen LogP contribution in [-0.2, 0) is 9.59 Å². The normalized spacial score (nSPS) is 17.8. The van der Waals surface area contributed by atoms with Crippen LogP contribution in [0, 0.1) is 5.92 Å². The van der Waals surface area contributed by atoms with Gasteiger partial charge in [-0.25, -0.2) is 0 Å². The van der Waals surface area contributed by atoms with Crippen LogP contribution in [-0.4, -0.2) is 17.9 Å². The summed E-state index contributed by atoms with van der Waals surface area (Å²) in [6, 6.07) is 7.23. The second kappa shape index (κ2) is 7.98. The molecule has 0 saturated heterocycles. The topological polar surface area (TPSA) is 67.4 Å². The third kappa shape index (κ3) is 5.18. The first-order chi connectivity index (χ1) is 10.5. The Morgan fingerprint density at radius 2 is 2.23 bits per heavy atom. The summed E-state index contributed by atoms with van der Waals surface area (Å²) in [5.74, 6) is 0.265. The quantitative estimate of drug-likeness (QED) is 0.621. The Kier molecular flexibility index (Phi) is 6.00. The van der Waals surface area contributed by atoms with Crippen molar-refractivity contribution in [3.63, 3.8) is 0 Å². The Hall–Kier alpha value is -1.82. The van der Waals surface area contributed by atoms with Crippen LogP contribution in [0.25, 0.3) is 0 Å². The fourth-order valence-corrected chi connectivity index (χ4v) is 2.56. The van der Waals surface area contributed by atoms with E-state index >= 15 is 0 Å². The van der Waals surface area contributed by atoms with Crippen LogP contribution in [0.3, 0.4) is 0 Å². The molecule has 0 bridgehead atoms. The average Bonchev–Trinajstić information content (AvgIpc) is 2.97. The molecule has 2 rings (SSSR count). The fourth-order valence-electron chi connectivity index (χ4n) is 2.19. The molecule has 0 fully saturated rings. The third-order valence-corrected chi connectivity index (χ3v) is 3.86. The van der Waals surface area contributed by atoms with Gasteiger partial charge >= 0.3 is 0 Å². The maximum Gasteiger partial charge on any atom is 0.279 e. The minimum Gasteiger partial charge on any atom is -0.481 e. The maximum atomic E-state index is 11.9. The summed E-state index contributed by atoms with van der Waals surface area (Å²) in [7, 11) is 0. The number of nitrogens with one attached hydrogen (secondary N) is 2. The number of allylic oxidation sites excluding steroid dienone is 2. The molecular formula is C16H19BrN2O3. The minimum absolute atomic E-state index is 0.195. The first-order valence-corrected chi connectivity index (χ1v) is 8.01. The molecule has 1 aromatic carbocycles. The van der Waals surface area contributed by atoms with Crippen molar-refractivity contribution >= 4 is 27.7 Å². The number of amides is 2. The first-order valence-electron chi connectivity index (χ1n) is 7.22. The van der Waals surface area contributed by atoms with E-state index in [-0.39, 0.29) is 11.8 Å². The molecule has 0 aromatic heterocycles. The van der Waals surface area contributed by atoms with Crippen molar-refractivity contribution in [1.82, 2.24) is 10.9 Å². The number of benzene rings is 1. The molecule has 2 amide bonds. The molecule has 0 heterocycles. The van der Waals surface area contributed by atoms with Crippen molar-refractivity contribution in [2.45, 2.75) is 32.3 Å². The average molecular weight is 367 g/mol. The van der Waals surface area contributed by atoms with Crippen molar-refractivity contribution in [3.05, 3.63) is 40.9 Å². The SMILES string of the molecule is C[C@H](Oc1cccc(Br)c1)C(=O)NNC(=O)C[C@H]1C=CCC1. The van der Waals surface area contributed by atoms with Gasteiger partial charge in [-0.2, -0.15) is 0 Å². The second-order valence-corrected chi connectivity index (χ2v) is 6.14. The molecule has 5 nitrogen and oxygen atoms in total. The van der Waals surface area contributed by atoms with Crippen molar-refractivity contribution in [2.75, 3.05) is 0 Å². The Morgan fingerprint density at radius 1 is 1.41 bits per heavy atom. The van der Waals surface area contributed by atoms with E-state index in [4.69, 9.17) is 4.74 Å². The molecule has 6 heteroatoms. The van der Waals surface area contributed by atoms with E-state index in [2.05, 4.69) is 32.9 Å². The first kappa shape index (κ1) is 16.5. The van der Waals surface area contributed by atoms with Crippen LogP contribution < -0.4 is 15.6 Å². The number of hydrogen-bond donors (Lipinski definition) is 2. The number of carbonyl (C=O) groups excluding carboxylic acids is 2. The highest BCUT2D eigenvalue weighted by Gasteiger charge is 2.17. The molecule has 1 aromatic rings. The summed E-state index contributed by atoms with van der Waals surface area (Å²) in [6.45, 7) is 1.63. The number of halogens is 1. The van der Waals surface area contributed by atoms with Crippen molar-refractivity contribution in [2.24, 2.45) is 5.92 Å². The summed E-state index contributed by atoms with van der Waals surface area (Å²) in [4.78, 5) is 23.6. The molecule has 0 aliphatic heterocycles. The predicted octanol–water partition coefficient (Wildman–Crippen LogP) is 2.72. The summed E-state index contributed by atoms with van der Waals surface area (Å²) >= 11 is 3.34. The molecule has 1 aliphatic rings. The largest absolute Gasteiger partial charge is 0.481 e. The number of carbonyl (C=O) groups is 2. The van der Waals surface area contributed by atoms with Gasteiger partial charge in [-0.3, -0.25) is 20.4 Å². The van der Waals surface area contributed by atoms with Crippen LogP contribution in [0.15, 0.2) is 40.9 Å². The predicted molar refractivity (Wildman–Crippen MR) is 87.0 cm³/mol. The lowest BCUT2D eigenvalue weighted by atomic mass is 10.1. The van der Waals surface area contributed by atoms with Crippen molar-refractivity contribution in [3.8, 4) is 5.75 Å².